The molecular weight excluding hydrogens is 997 g/mol. The summed E-state index contributed by atoms with van der Waals surface area (Å²) < 4.78 is 16.9. The van der Waals surface area contributed by atoms with Crippen LogP contribution >= 0.6 is 0 Å². The van der Waals surface area contributed by atoms with Crippen LogP contribution in [0.5, 0.6) is 0 Å². The molecule has 81 heavy (non-hydrogen) atoms. The van der Waals surface area contributed by atoms with Crippen LogP contribution in [0.1, 0.15) is 303 Å². The molecule has 0 aromatic rings. The maximum absolute atomic E-state index is 12.9. The summed E-state index contributed by atoms with van der Waals surface area (Å²) in [6, 6.07) is 0. The summed E-state index contributed by atoms with van der Waals surface area (Å²) in [4.78, 5) is 38.4. The average Bonchev–Trinajstić information content (AvgIpc) is 3.47. The molecule has 0 aromatic heterocycles. The number of hydrogen-bond donors (Lipinski definition) is 0. The maximum atomic E-state index is 12.9. The fraction of sp³-hybridized carbons (Fsp3) is 0.667. The zero-order valence-corrected chi connectivity index (χ0v) is 52.8. The van der Waals surface area contributed by atoms with Crippen LogP contribution in [0.4, 0.5) is 0 Å². The van der Waals surface area contributed by atoms with E-state index in [-0.39, 0.29) is 31.1 Å². The van der Waals surface area contributed by atoms with Crippen molar-refractivity contribution in [2.24, 2.45) is 0 Å². The molecule has 0 saturated carbocycles. The molecule has 0 amide bonds. The zero-order chi connectivity index (χ0) is 58.5. The fourth-order valence-electron chi connectivity index (χ4n) is 9.14. The van der Waals surface area contributed by atoms with Gasteiger partial charge in [-0.1, -0.05) is 283 Å². The summed E-state index contributed by atoms with van der Waals surface area (Å²) >= 11 is 0. The van der Waals surface area contributed by atoms with Crippen LogP contribution in [-0.4, -0.2) is 37.2 Å². The Labute approximate surface area is 500 Å². The Hall–Kier alpha value is -4.45. The van der Waals surface area contributed by atoms with Gasteiger partial charge in [-0.05, 0) is 135 Å². The van der Waals surface area contributed by atoms with Crippen LogP contribution in [0.3, 0.4) is 0 Å². The number of ether oxygens (including phenoxy) is 3. The predicted octanol–water partition coefficient (Wildman–Crippen LogP) is 23.3. The standard InChI is InChI=1S/C75H124O6/c1-4-7-10-13-16-19-22-25-28-30-32-34-35-36-37-38-39-41-42-44-47-50-53-56-59-62-65-68-74(77)80-71-72(70-79-73(76)67-64-61-58-55-52-49-46-27-24-21-18-15-12-9-6-3)81-75(78)69-66-63-60-57-54-51-48-45-43-40-33-31-29-26-23-20-17-14-11-8-5-2/h7,9-10,12,16,18-19,21,23,25-28,31-34,43,45-46,52,55,72H,4-6,8,11,13-15,17,20,22,24,29-30,35-42,44,47-51,53-54,56-71H2,1-3H3/b10-7-,12-9-,19-16-,21-18-,26-23-,28-25-,33-31-,34-32-,45-43-,46-27-,55-52-. The van der Waals surface area contributed by atoms with E-state index >= 15 is 0 Å². The van der Waals surface area contributed by atoms with Crippen molar-refractivity contribution in [2.75, 3.05) is 13.2 Å². The highest BCUT2D eigenvalue weighted by molar-refractivity contribution is 5.71. The molecule has 6 nitrogen and oxygen atoms in total. The summed E-state index contributed by atoms with van der Waals surface area (Å²) in [6.07, 6.45) is 96.1. The Morgan fingerprint density at radius 3 is 0.778 bits per heavy atom. The SMILES string of the molecule is CC/C=C\C/C=C\C/C=C\C/C=C\CCCCCCCCCCCCCCCCC(=O)OCC(COC(=O)CCCC/C=C\C/C=C\C/C=C\C/C=C\CC)OC(=O)CCCCCCCC/C=C\C/C=C\C/C=C\CCCCCCC. The monoisotopic (exact) mass is 1120 g/mol. The molecule has 6 heteroatoms. The van der Waals surface area contributed by atoms with E-state index in [0.717, 1.165) is 135 Å². The van der Waals surface area contributed by atoms with Gasteiger partial charge in [-0.15, -0.1) is 0 Å². The number of allylic oxidation sites excluding steroid dienone is 22. The van der Waals surface area contributed by atoms with Crippen molar-refractivity contribution in [2.45, 2.75) is 309 Å². The number of carbonyl (C=O) groups is 3. The highest BCUT2D eigenvalue weighted by atomic mass is 16.6. The normalized spacial score (nSPS) is 13.0. The topological polar surface area (TPSA) is 78.9 Å². The van der Waals surface area contributed by atoms with Crippen molar-refractivity contribution < 1.29 is 28.6 Å². The van der Waals surface area contributed by atoms with Gasteiger partial charge in [-0.25, -0.2) is 0 Å². The van der Waals surface area contributed by atoms with Gasteiger partial charge in [0.1, 0.15) is 13.2 Å². The molecule has 0 aliphatic heterocycles. The van der Waals surface area contributed by atoms with Gasteiger partial charge in [0.25, 0.3) is 0 Å². The Bertz CT molecular complexity index is 1720. The zero-order valence-electron chi connectivity index (χ0n) is 52.8. The van der Waals surface area contributed by atoms with Crippen molar-refractivity contribution in [1.82, 2.24) is 0 Å². The molecule has 0 heterocycles. The van der Waals surface area contributed by atoms with Gasteiger partial charge < -0.3 is 14.2 Å². The molecule has 1 atom stereocenters. The largest absolute Gasteiger partial charge is 0.462 e. The second kappa shape index (κ2) is 68.1. The highest BCUT2D eigenvalue weighted by Gasteiger charge is 2.19. The summed E-state index contributed by atoms with van der Waals surface area (Å²) in [5.41, 5.74) is 0. The van der Waals surface area contributed by atoms with Gasteiger partial charge in [0.05, 0.1) is 0 Å². The molecule has 0 N–H and O–H groups in total. The smallest absolute Gasteiger partial charge is 0.306 e. The van der Waals surface area contributed by atoms with E-state index in [1.54, 1.807) is 0 Å². The van der Waals surface area contributed by atoms with Crippen molar-refractivity contribution in [3.8, 4) is 0 Å². The first-order valence-electron chi connectivity index (χ1n) is 33.7. The highest BCUT2D eigenvalue weighted by Crippen LogP contribution is 2.16. The van der Waals surface area contributed by atoms with Crippen LogP contribution in [0.25, 0.3) is 0 Å². The Balaban J connectivity index is 4.38. The molecule has 0 spiro atoms. The van der Waals surface area contributed by atoms with Gasteiger partial charge in [-0.2, -0.15) is 0 Å². The average molecular weight is 1120 g/mol. The lowest BCUT2D eigenvalue weighted by Crippen LogP contribution is -2.30. The third kappa shape index (κ3) is 66.2. The first-order chi connectivity index (χ1) is 40.0. The summed E-state index contributed by atoms with van der Waals surface area (Å²) in [5, 5.41) is 0. The summed E-state index contributed by atoms with van der Waals surface area (Å²) in [6.45, 7) is 6.37. The maximum Gasteiger partial charge on any atom is 0.306 e. The molecule has 1 unspecified atom stereocenters. The minimum absolute atomic E-state index is 0.0995. The van der Waals surface area contributed by atoms with Crippen molar-refractivity contribution in [3.63, 3.8) is 0 Å². The molecule has 0 aliphatic carbocycles. The van der Waals surface area contributed by atoms with Crippen molar-refractivity contribution >= 4 is 17.9 Å². The van der Waals surface area contributed by atoms with Crippen molar-refractivity contribution in [1.29, 1.82) is 0 Å². The van der Waals surface area contributed by atoms with Crippen LogP contribution in [0.2, 0.25) is 0 Å². The lowest BCUT2D eigenvalue weighted by molar-refractivity contribution is -0.167. The van der Waals surface area contributed by atoms with E-state index in [4.69, 9.17) is 14.2 Å². The fourth-order valence-corrected chi connectivity index (χ4v) is 9.14. The molecule has 0 radical (unpaired) electrons. The van der Waals surface area contributed by atoms with Gasteiger partial charge in [-0.3, -0.25) is 14.4 Å². The van der Waals surface area contributed by atoms with E-state index in [1.807, 2.05) is 0 Å². The predicted molar refractivity (Wildman–Crippen MR) is 353 cm³/mol. The second-order valence-corrected chi connectivity index (χ2v) is 22.0. The molecule has 0 bridgehead atoms. The lowest BCUT2D eigenvalue weighted by atomic mass is 10.0. The second-order valence-electron chi connectivity index (χ2n) is 22.0. The summed E-state index contributed by atoms with van der Waals surface area (Å²) in [5.74, 6) is -0.950. The van der Waals surface area contributed by atoms with E-state index in [2.05, 4.69) is 154 Å². The molecule has 0 saturated heterocycles. The van der Waals surface area contributed by atoms with E-state index in [9.17, 15) is 14.4 Å². The van der Waals surface area contributed by atoms with E-state index in [0.29, 0.717) is 19.3 Å². The lowest BCUT2D eigenvalue weighted by Gasteiger charge is -2.18. The van der Waals surface area contributed by atoms with Crippen LogP contribution in [-0.2, 0) is 28.6 Å². The van der Waals surface area contributed by atoms with Gasteiger partial charge in [0.2, 0.25) is 0 Å². The Morgan fingerprint density at radius 1 is 0.259 bits per heavy atom. The van der Waals surface area contributed by atoms with Crippen LogP contribution < -0.4 is 0 Å². The number of unbranched alkanes of at least 4 members (excludes halogenated alkanes) is 27. The number of esters is 3. The first-order valence-corrected chi connectivity index (χ1v) is 33.7. The van der Waals surface area contributed by atoms with Crippen LogP contribution in [0, 0.1) is 0 Å². The van der Waals surface area contributed by atoms with Crippen molar-refractivity contribution in [3.05, 3.63) is 134 Å². The minimum atomic E-state index is -0.808. The molecule has 0 aromatic carbocycles. The molecule has 460 valence electrons. The minimum Gasteiger partial charge on any atom is -0.462 e. The van der Waals surface area contributed by atoms with Gasteiger partial charge in [0.15, 0.2) is 6.10 Å². The third-order valence-corrected chi connectivity index (χ3v) is 14.1. The first kappa shape index (κ1) is 76.5. The molecular formula is C75H124O6. The molecule has 0 aliphatic rings. The van der Waals surface area contributed by atoms with E-state index in [1.165, 1.54) is 128 Å². The van der Waals surface area contributed by atoms with Gasteiger partial charge >= 0.3 is 17.9 Å². The Morgan fingerprint density at radius 2 is 0.481 bits per heavy atom. The van der Waals surface area contributed by atoms with Crippen LogP contribution in [0.15, 0.2) is 134 Å². The molecule has 0 fully saturated rings. The summed E-state index contributed by atoms with van der Waals surface area (Å²) in [7, 11) is 0. The third-order valence-electron chi connectivity index (χ3n) is 14.1. The van der Waals surface area contributed by atoms with E-state index < -0.39 is 6.10 Å². The number of hydrogen-bond acceptors (Lipinski definition) is 6. The van der Waals surface area contributed by atoms with Gasteiger partial charge in [0, 0.05) is 19.3 Å². The number of rotatable bonds is 60. The number of carbonyl (C=O) groups excluding carboxylic acids is 3. The Kier molecular flexibility index (Phi) is 64.3. The molecule has 0 rings (SSSR count). The quantitative estimate of drug-likeness (QED) is 0.0261.